The van der Waals surface area contributed by atoms with Crippen LogP contribution in [0.3, 0.4) is 0 Å². The highest BCUT2D eigenvalue weighted by molar-refractivity contribution is 8.00. The van der Waals surface area contributed by atoms with Crippen molar-refractivity contribution in [2.24, 2.45) is 5.73 Å². The lowest BCUT2D eigenvalue weighted by molar-refractivity contribution is 0.760. The van der Waals surface area contributed by atoms with E-state index in [2.05, 4.69) is 31.2 Å². The molecule has 0 radical (unpaired) electrons. The predicted molar refractivity (Wildman–Crippen MR) is 59.1 cm³/mol. The molecule has 2 rings (SSSR count). The highest BCUT2D eigenvalue weighted by atomic mass is 32.2. The Morgan fingerprint density at radius 2 is 2.08 bits per heavy atom. The van der Waals surface area contributed by atoms with Crippen LogP contribution >= 0.6 is 11.8 Å². The molecule has 1 aromatic carbocycles. The van der Waals surface area contributed by atoms with Crippen molar-refractivity contribution in [2.75, 3.05) is 11.5 Å². The SMILES string of the molecule is CC(N)c1ccccc1C1CSC1. The monoisotopic (exact) mass is 193 g/mol. The van der Waals surface area contributed by atoms with Crippen LogP contribution in [-0.4, -0.2) is 11.5 Å². The molecule has 1 aromatic rings. The minimum atomic E-state index is 0.168. The summed E-state index contributed by atoms with van der Waals surface area (Å²) in [4.78, 5) is 0. The Morgan fingerprint density at radius 1 is 1.38 bits per heavy atom. The fraction of sp³-hybridized carbons (Fsp3) is 0.455. The second-order valence-electron chi connectivity index (χ2n) is 3.65. The zero-order chi connectivity index (χ0) is 9.26. The van der Waals surface area contributed by atoms with Crippen molar-refractivity contribution in [1.29, 1.82) is 0 Å². The maximum absolute atomic E-state index is 5.92. The Bertz CT molecular complexity index is 292. The Morgan fingerprint density at radius 3 is 2.62 bits per heavy atom. The summed E-state index contributed by atoms with van der Waals surface area (Å²) in [6.07, 6.45) is 0. The van der Waals surface area contributed by atoms with E-state index < -0.39 is 0 Å². The molecular formula is C11H15NS. The molecule has 1 unspecified atom stereocenters. The Labute approximate surface area is 83.7 Å². The first kappa shape index (κ1) is 9.10. The summed E-state index contributed by atoms with van der Waals surface area (Å²) in [5.74, 6) is 3.29. The van der Waals surface area contributed by atoms with Crippen molar-refractivity contribution < 1.29 is 0 Å². The minimum absolute atomic E-state index is 0.168. The van der Waals surface area contributed by atoms with Crippen molar-refractivity contribution in [3.63, 3.8) is 0 Å². The molecule has 0 saturated carbocycles. The van der Waals surface area contributed by atoms with Gasteiger partial charge < -0.3 is 5.73 Å². The first-order chi connectivity index (χ1) is 6.29. The summed E-state index contributed by atoms with van der Waals surface area (Å²) in [6.45, 7) is 2.06. The highest BCUT2D eigenvalue weighted by Gasteiger charge is 2.22. The standard InChI is InChI=1S/C11H15NS/c1-8(12)10-4-2-3-5-11(10)9-6-13-7-9/h2-5,8-9H,6-7,12H2,1H3. The summed E-state index contributed by atoms with van der Waals surface area (Å²) in [5, 5.41) is 0. The van der Waals surface area contributed by atoms with Crippen LogP contribution in [0.4, 0.5) is 0 Å². The summed E-state index contributed by atoms with van der Waals surface area (Å²) in [6, 6.07) is 8.74. The molecule has 1 heterocycles. The lowest BCUT2D eigenvalue weighted by Gasteiger charge is -2.28. The third kappa shape index (κ3) is 1.74. The molecule has 1 fully saturated rings. The van der Waals surface area contributed by atoms with E-state index >= 15 is 0 Å². The van der Waals surface area contributed by atoms with Crippen molar-refractivity contribution in [1.82, 2.24) is 0 Å². The summed E-state index contributed by atoms with van der Waals surface area (Å²) in [5.41, 5.74) is 8.72. The molecule has 13 heavy (non-hydrogen) atoms. The first-order valence-corrected chi connectivity index (χ1v) is 5.86. The predicted octanol–water partition coefficient (Wildman–Crippen LogP) is 2.54. The minimum Gasteiger partial charge on any atom is -0.324 e. The van der Waals surface area contributed by atoms with Gasteiger partial charge in [0, 0.05) is 23.5 Å². The smallest absolute Gasteiger partial charge is 0.0268 e. The van der Waals surface area contributed by atoms with E-state index in [4.69, 9.17) is 5.73 Å². The van der Waals surface area contributed by atoms with Gasteiger partial charge in [-0.05, 0) is 18.1 Å². The molecule has 1 aliphatic rings. The Hall–Kier alpha value is -0.470. The molecule has 0 aliphatic carbocycles. The van der Waals surface area contributed by atoms with Gasteiger partial charge in [0.2, 0.25) is 0 Å². The molecule has 1 saturated heterocycles. The second kappa shape index (κ2) is 3.72. The van der Waals surface area contributed by atoms with Gasteiger partial charge in [0.1, 0.15) is 0 Å². The van der Waals surface area contributed by atoms with Gasteiger partial charge >= 0.3 is 0 Å². The van der Waals surface area contributed by atoms with Crippen LogP contribution in [0.25, 0.3) is 0 Å². The van der Waals surface area contributed by atoms with Gasteiger partial charge in [-0.15, -0.1) is 0 Å². The molecule has 2 N–H and O–H groups in total. The highest BCUT2D eigenvalue weighted by Crippen LogP contribution is 2.36. The lowest BCUT2D eigenvalue weighted by Crippen LogP contribution is -2.19. The zero-order valence-corrected chi connectivity index (χ0v) is 8.68. The number of hydrogen-bond donors (Lipinski definition) is 1. The van der Waals surface area contributed by atoms with E-state index in [1.165, 1.54) is 22.6 Å². The maximum Gasteiger partial charge on any atom is 0.0268 e. The van der Waals surface area contributed by atoms with Crippen molar-refractivity contribution in [3.8, 4) is 0 Å². The molecule has 1 atom stereocenters. The van der Waals surface area contributed by atoms with Gasteiger partial charge in [-0.3, -0.25) is 0 Å². The number of benzene rings is 1. The normalized spacial score (nSPS) is 19.5. The third-order valence-electron chi connectivity index (χ3n) is 2.56. The van der Waals surface area contributed by atoms with Gasteiger partial charge in [-0.25, -0.2) is 0 Å². The lowest BCUT2D eigenvalue weighted by atomic mass is 9.93. The van der Waals surface area contributed by atoms with Crippen LogP contribution in [0.5, 0.6) is 0 Å². The average molecular weight is 193 g/mol. The van der Waals surface area contributed by atoms with E-state index in [1.54, 1.807) is 0 Å². The Kier molecular flexibility index (Phi) is 2.61. The summed E-state index contributed by atoms with van der Waals surface area (Å²) in [7, 11) is 0. The van der Waals surface area contributed by atoms with Crippen LogP contribution < -0.4 is 5.73 Å². The van der Waals surface area contributed by atoms with Gasteiger partial charge in [0.15, 0.2) is 0 Å². The van der Waals surface area contributed by atoms with Gasteiger partial charge in [-0.1, -0.05) is 24.3 Å². The molecule has 70 valence electrons. The molecule has 0 aromatic heterocycles. The number of hydrogen-bond acceptors (Lipinski definition) is 2. The molecule has 0 spiro atoms. The maximum atomic E-state index is 5.92. The fourth-order valence-electron chi connectivity index (χ4n) is 1.71. The van der Waals surface area contributed by atoms with E-state index in [1.807, 2.05) is 11.8 Å². The van der Waals surface area contributed by atoms with E-state index in [-0.39, 0.29) is 6.04 Å². The average Bonchev–Trinajstić information content (AvgIpc) is 2.02. The number of thioether (sulfide) groups is 1. The number of rotatable bonds is 2. The molecule has 0 bridgehead atoms. The fourth-order valence-corrected chi connectivity index (χ4v) is 2.54. The van der Waals surface area contributed by atoms with Crippen molar-refractivity contribution in [2.45, 2.75) is 18.9 Å². The number of nitrogens with two attached hydrogens (primary N) is 1. The van der Waals surface area contributed by atoms with Crippen LogP contribution in [-0.2, 0) is 0 Å². The molecule has 1 aliphatic heterocycles. The van der Waals surface area contributed by atoms with E-state index in [9.17, 15) is 0 Å². The zero-order valence-electron chi connectivity index (χ0n) is 7.86. The third-order valence-corrected chi connectivity index (χ3v) is 3.84. The molecular weight excluding hydrogens is 178 g/mol. The topological polar surface area (TPSA) is 26.0 Å². The molecule has 1 nitrogen and oxygen atoms in total. The van der Waals surface area contributed by atoms with Gasteiger partial charge in [0.25, 0.3) is 0 Å². The van der Waals surface area contributed by atoms with E-state index in [0.717, 1.165) is 5.92 Å². The largest absolute Gasteiger partial charge is 0.324 e. The van der Waals surface area contributed by atoms with Crippen LogP contribution in [0.2, 0.25) is 0 Å². The summed E-state index contributed by atoms with van der Waals surface area (Å²) >= 11 is 2.02. The van der Waals surface area contributed by atoms with Crippen molar-refractivity contribution in [3.05, 3.63) is 35.4 Å². The Balaban J connectivity index is 2.31. The first-order valence-electron chi connectivity index (χ1n) is 4.71. The van der Waals surface area contributed by atoms with Crippen LogP contribution in [0, 0.1) is 0 Å². The van der Waals surface area contributed by atoms with E-state index in [0.29, 0.717) is 0 Å². The van der Waals surface area contributed by atoms with Crippen LogP contribution in [0.15, 0.2) is 24.3 Å². The quantitative estimate of drug-likeness (QED) is 0.781. The second-order valence-corrected chi connectivity index (χ2v) is 4.73. The van der Waals surface area contributed by atoms with Crippen LogP contribution in [0.1, 0.15) is 30.0 Å². The summed E-state index contributed by atoms with van der Waals surface area (Å²) < 4.78 is 0. The van der Waals surface area contributed by atoms with Gasteiger partial charge in [0.05, 0.1) is 0 Å². The molecule has 2 heteroatoms. The molecule has 0 amide bonds. The van der Waals surface area contributed by atoms with Crippen molar-refractivity contribution >= 4 is 11.8 Å². The van der Waals surface area contributed by atoms with Gasteiger partial charge in [-0.2, -0.15) is 11.8 Å².